The summed E-state index contributed by atoms with van der Waals surface area (Å²) in [4.78, 5) is 0. The summed E-state index contributed by atoms with van der Waals surface area (Å²) in [5.41, 5.74) is 1.03. The van der Waals surface area contributed by atoms with Crippen LogP contribution in [0.2, 0.25) is 6.55 Å². The Kier molecular flexibility index (Phi) is 4.36. The van der Waals surface area contributed by atoms with Gasteiger partial charge in [0, 0.05) is 0 Å². The molecule has 1 nitrogen and oxygen atoms in total. The predicted molar refractivity (Wildman–Crippen MR) is 44.3 cm³/mol. The van der Waals surface area contributed by atoms with Gasteiger partial charge in [-0.3, -0.25) is 0 Å². The van der Waals surface area contributed by atoms with Gasteiger partial charge in [-0.2, -0.15) is 0 Å². The molecule has 0 aliphatic carbocycles. The Bertz CT molecular complexity index is 93.0. The van der Waals surface area contributed by atoms with Gasteiger partial charge in [0.25, 0.3) is 8.32 Å². The predicted octanol–water partition coefficient (Wildman–Crippen LogP) is 2.28. The van der Waals surface area contributed by atoms with Gasteiger partial charge in [0.2, 0.25) is 0 Å². The van der Waals surface area contributed by atoms with E-state index in [2.05, 4.69) is 6.58 Å². The average molecular weight is 185 g/mol. The van der Waals surface area contributed by atoms with Crippen LogP contribution in [0.3, 0.4) is 0 Å². The topological polar surface area (TPSA) is 9.23 Å². The zero-order valence-corrected chi connectivity index (χ0v) is 7.87. The highest BCUT2D eigenvalue weighted by Gasteiger charge is 2.27. The summed E-state index contributed by atoms with van der Waals surface area (Å²) in [5, 5.41) is 0. The molecule has 4 heteroatoms. The molecule has 0 aromatic heterocycles. The van der Waals surface area contributed by atoms with E-state index in [4.69, 9.17) is 27.6 Å². The van der Waals surface area contributed by atoms with Crippen molar-refractivity contribution in [3.63, 3.8) is 0 Å². The summed E-state index contributed by atoms with van der Waals surface area (Å²) in [5.74, 6) is 0. The number of alkyl halides is 2. The van der Waals surface area contributed by atoms with Crippen molar-refractivity contribution in [2.75, 3.05) is 11.0 Å². The van der Waals surface area contributed by atoms with Crippen LogP contribution in [0.25, 0.3) is 0 Å². The molecule has 0 radical (unpaired) electrons. The molecule has 0 atom stereocenters. The van der Waals surface area contributed by atoms with Crippen LogP contribution in [-0.2, 0) is 4.43 Å². The third-order valence-electron chi connectivity index (χ3n) is 0.933. The lowest BCUT2D eigenvalue weighted by molar-refractivity contribution is 0.479. The van der Waals surface area contributed by atoms with Crippen LogP contribution in [0.15, 0.2) is 12.8 Å². The van der Waals surface area contributed by atoms with Crippen molar-refractivity contribution < 1.29 is 4.43 Å². The monoisotopic (exact) mass is 184 g/mol. The van der Waals surface area contributed by atoms with Crippen molar-refractivity contribution in [1.29, 1.82) is 0 Å². The molecule has 0 amide bonds. The Morgan fingerprint density at radius 3 is 2.11 bits per heavy atom. The summed E-state index contributed by atoms with van der Waals surface area (Å²) in [6.45, 7) is 5.40. The largest absolute Gasteiger partial charge is 0.547 e. The number of rotatable bonds is 4. The van der Waals surface area contributed by atoms with Crippen LogP contribution in [0.5, 0.6) is 0 Å². The molecule has 0 spiro atoms. The summed E-state index contributed by atoms with van der Waals surface area (Å²) in [7, 11) is -1.78. The summed E-state index contributed by atoms with van der Waals surface area (Å²) >= 11 is 11.2. The quantitative estimate of drug-likeness (QED) is 0.371. The summed E-state index contributed by atoms with van der Waals surface area (Å²) in [6, 6.07) is 0. The molecule has 0 bridgehead atoms. The van der Waals surface area contributed by atoms with Crippen molar-refractivity contribution in [2.24, 2.45) is 0 Å². The average Bonchev–Trinajstić information content (AvgIpc) is 1.89. The summed E-state index contributed by atoms with van der Waals surface area (Å²) in [6.07, 6.45) is 1.41. The highest BCUT2D eigenvalue weighted by Crippen LogP contribution is 2.08. The van der Waals surface area contributed by atoms with Crippen LogP contribution in [0.4, 0.5) is 0 Å². The fraction of sp³-hybridized carbons (Fsp3) is 0.600. The first-order valence-corrected chi connectivity index (χ1v) is 6.48. The lowest BCUT2D eigenvalue weighted by atomic mass is 11.2. The van der Waals surface area contributed by atoms with E-state index in [9.17, 15) is 0 Å². The van der Waals surface area contributed by atoms with Crippen molar-refractivity contribution in [3.05, 3.63) is 12.8 Å². The van der Waals surface area contributed by atoms with E-state index >= 15 is 0 Å². The smallest absolute Gasteiger partial charge is 0.276 e. The second-order valence-electron chi connectivity index (χ2n) is 2.00. The molecule has 0 saturated heterocycles. The molecule has 0 fully saturated rings. The van der Waals surface area contributed by atoms with E-state index in [1.54, 1.807) is 0 Å². The molecule has 9 heavy (non-hydrogen) atoms. The van der Waals surface area contributed by atoms with Gasteiger partial charge in [-0.05, 0) is 6.55 Å². The SMILES string of the molecule is C=CO[Si](C)(CCl)CCl. The molecule has 0 heterocycles. The van der Waals surface area contributed by atoms with Crippen molar-refractivity contribution in [3.8, 4) is 0 Å². The first-order chi connectivity index (χ1) is 4.18. The maximum absolute atomic E-state index is 5.59. The highest BCUT2D eigenvalue weighted by atomic mass is 35.5. The third-order valence-corrected chi connectivity index (χ3v) is 6.19. The van der Waals surface area contributed by atoms with E-state index in [0.717, 1.165) is 0 Å². The Hall–Kier alpha value is 0.337. The van der Waals surface area contributed by atoms with Crippen LogP contribution >= 0.6 is 23.2 Å². The zero-order chi connectivity index (χ0) is 7.33. The summed E-state index contributed by atoms with van der Waals surface area (Å²) < 4.78 is 5.17. The minimum Gasteiger partial charge on any atom is -0.547 e. The Balaban J connectivity index is 3.75. The van der Waals surface area contributed by atoms with Gasteiger partial charge in [-0.15, -0.1) is 23.2 Å². The van der Waals surface area contributed by atoms with E-state index in [1.165, 1.54) is 6.26 Å². The Morgan fingerprint density at radius 1 is 1.56 bits per heavy atom. The van der Waals surface area contributed by atoms with Crippen LogP contribution in [0.1, 0.15) is 0 Å². The van der Waals surface area contributed by atoms with Gasteiger partial charge in [0.05, 0.1) is 17.3 Å². The van der Waals surface area contributed by atoms with Crippen LogP contribution < -0.4 is 0 Å². The van der Waals surface area contributed by atoms with E-state index in [0.29, 0.717) is 11.0 Å². The fourth-order valence-corrected chi connectivity index (χ4v) is 2.13. The van der Waals surface area contributed by atoms with E-state index < -0.39 is 8.32 Å². The normalized spacial score (nSPS) is 11.0. The van der Waals surface area contributed by atoms with Gasteiger partial charge in [-0.1, -0.05) is 6.58 Å². The maximum Gasteiger partial charge on any atom is 0.276 e. The molecule has 0 aliphatic heterocycles. The van der Waals surface area contributed by atoms with Gasteiger partial charge in [-0.25, -0.2) is 0 Å². The molecular weight excluding hydrogens is 175 g/mol. The fourth-order valence-electron chi connectivity index (χ4n) is 0.300. The molecular formula is C5H10Cl2OSi. The maximum atomic E-state index is 5.59. The van der Waals surface area contributed by atoms with Gasteiger partial charge < -0.3 is 4.43 Å². The Labute approximate surface area is 66.7 Å². The molecule has 0 N–H and O–H groups in total. The number of halogens is 2. The minimum atomic E-state index is -1.78. The van der Waals surface area contributed by atoms with Crippen LogP contribution in [0, 0.1) is 0 Å². The molecule has 0 rings (SSSR count). The minimum absolute atomic E-state index is 0.516. The van der Waals surface area contributed by atoms with Crippen LogP contribution in [-0.4, -0.2) is 19.3 Å². The first-order valence-electron chi connectivity index (χ1n) is 2.59. The molecule has 0 aliphatic rings. The number of hydrogen-bond donors (Lipinski definition) is 0. The number of hydrogen-bond acceptors (Lipinski definition) is 1. The molecule has 0 saturated carbocycles. The molecule has 0 unspecified atom stereocenters. The third kappa shape index (κ3) is 3.13. The Morgan fingerprint density at radius 2 is 2.00 bits per heavy atom. The molecule has 0 aromatic rings. The lowest BCUT2D eigenvalue weighted by Gasteiger charge is -2.19. The highest BCUT2D eigenvalue weighted by molar-refractivity contribution is 6.84. The second-order valence-corrected chi connectivity index (χ2v) is 7.28. The van der Waals surface area contributed by atoms with E-state index in [-0.39, 0.29) is 0 Å². The van der Waals surface area contributed by atoms with Gasteiger partial charge in [0.1, 0.15) is 0 Å². The molecule has 0 aromatic carbocycles. The van der Waals surface area contributed by atoms with E-state index in [1.807, 2.05) is 6.55 Å². The standard InChI is InChI=1S/C5H10Cl2OSi/c1-3-8-9(2,4-6)5-7/h3H,1,4-5H2,2H3. The lowest BCUT2D eigenvalue weighted by Crippen LogP contribution is -2.38. The second kappa shape index (κ2) is 4.20. The molecule has 54 valence electrons. The zero-order valence-electron chi connectivity index (χ0n) is 5.36. The van der Waals surface area contributed by atoms with Crippen molar-refractivity contribution in [1.82, 2.24) is 0 Å². The van der Waals surface area contributed by atoms with Crippen molar-refractivity contribution >= 4 is 31.5 Å². The van der Waals surface area contributed by atoms with Gasteiger partial charge >= 0.3 is 0 Å². The first kappa shape index (κ1) is 9.34. The van der Waals surface area contributed by atoms with Crippen molar-refractivity contribution in [2.45, 2.75) is 6.55 Å². The van der Waals surface area contributed by atoms with Gasteiger partial charge in [0.15, 0.2) is 0 Å².